The zero-order valence-corrected chi connectivity index (χ0v) is 15.0. The molecule has 1 aromatic rings. The molecule has 4 nitrogen and oxygen atoms in total. The molecule has 3 atom stereocenters. The van der Waals surface area contributed by atoms with Gasteiger partial charge in [-0.25, -0.2) is 0 Å². The first kappa shape index (κ1) is 15.4. The second kappa shape index (κ2) is 4.88. The van der Waals surface area contributed by atoms with Crippen LogP contribution in [0.3, 0.4) is 0 Å². The Morgan fingerprint density at radius 2 is 1.72 bits per heavy atom. The number of pyridine rings is 1. The average molecular weight is 337 g/mol. The fraction of sp³-hybridized carbons (Fsp3) is 0.571. The maximum absolute atomic E-state index is 13.3. The van der Waals surface area contributed by atoms with Gasteiger partial charge in [0.15, 0.2) is 11.6 Å². The summed E-state index contributed by atoms with van der Waals surface area (Å²) in [6.07, 6.45) is 5.82. The number of hydrogen-bond acceptors (Lipinski definition) is 4. The monoisotopic (exact) mass is 337 g/mol. The fourth-order valence-corrected chi connectivity index (χ4v) is 5.08. The van der Waals surface area contributed by atoms with Gasteiger partial charge in [-0.1, -0.05) is 20.8 Å². The molecule has 130 valence electrons. The highest BCUT2D eigenvalue weighted by atomic mass is 16.5. The summed E-state index contributed by atoms with van der Waals surface area (Å²) < 4.78 is 5.87. The minimum atomic E-state index is -0.178. The van der Waals surface area contributed by atoms with Crippen LogP contribution in [0.4, 0.5) is 0 Å². The van der Waals surface area contributed by atoms with E-state index in [1.54, 1.807) is 6.20 Å². The summed E-state index contributed by atoms with van der Waals surface area (Å²) in [4.78, 5) is 31.0. The molecule has 2 aliphatic heterocycles. The number of Topliss-reactive ketones (excluding diaryl/α,β-unsaturated/α-hetero) is 2. The molecule has 2 aliphatic carbocycles. The molecule has 3 unspecified atom stereocenters. The molecule has 1 aromatic heterocycles. The minimum absolute atomic E-state index is 0.0232. The first-order valence-corrected chi connectivity index (χ1v) is 9.36. The topological polar surface area (TPSA) is 56.3 Å². The van der Waals surface area contributed by atoms with Crippen LogP contribution in [0, 0.1) is 11.3 Å². The Morgan fingerprint density at radius 3 is 2.40 bits per heavy atom. The van der Waals surface area contributed by atoms with E-state index in [2.05, 4.69) is 25.8 Å². The van der Waals surface area contributed by atoms with Crippen LogP contribution in [0.25, 0.3) is 0 Å². The normalized spacial score (nSPS) is 30.4. The number of rotatable bonds is 0. The Balaban J connectivity index is 1.66. The molecule has 0 aromatic carbocycles. The third kappa shape index (κ3) is 2.00. The Morgan fingerprint density at radius 1 is 1.04 bits per heavy atom. The standard InChI is InChI=1S/C21H23NO3/c1-21(2,3)10-4-5-13-11(8-10)16-12(9-22-13)19(23)17-14-6-7-15(25-14)18(17)20(16)24/h9-10,14-15H,4-8H2,1-3H3. The van der Waals surface area contributed by atoms with E-state index in [9.17, 15) is 9.59 Å². The number of carbonyl (C=O) groups is 2. The van der Waals surface area contributed by atoms with Crippen LogP contribution in [-0.2, 0) is 17.6 Å². The summed E-state index contributed by atoms with van der Waals surface area (Å²) in [5.74, 6) is 0.512. The van der Waals surface area contributed by atoms with Crippen molar-refractivity contribution in [2.45, 2.75) is 65.1 Å². The van der Waals surface area contributed by atoms with Crippen molar-refractivity contribution < 1.29 is 14.3 Å². The van der Waals surface area contributed by atoms with Crippen molar-refractivity contribution in [3.8, 4) is 0 Å². The van der Waals surface area contributed by atoms with Gasteiger partial charge >= 0.3 is 0 Å². The number of aromatic nitrogens is 1. The lowest BCUT2D eigenvalue weighted by atomic mass is 9.68. The first-order chi connectivity index (χ1) is 11.9. The smallest absolute Gasteiger partial charge is 0.194 e. The molecule has 0 saturated carbocycles. The predicted octanol–water partition coefficient (Wildman–Crippen LogP) is 3.47. The molecule has 25 heavy (non-hydrogen) atoms. The van der Waals surface area contributed by atoms with Gasteiger partial charge in [-0.2, -0.15) is 0 Å². The van der Waals surface area contributed by atoms with Gasteiger partial charge in [0.05, 0.1) is 17.8 Å². The molecule has 2 bridgehead atoms. The van der Waals surface area contributed by atoms with Crippen molar-refractivity contribution in [1.82, 2.24) is 4.98 Å². The lowest BCUT2D eigenvalue weighted by molar-refractivity contribution is 0.0916. The van der Waals surface area contributed by atoms with E-state index in [-0.39, 0.29) is 29.2 Å². The Labute approximate surface area is 147 Å². The quantitative estimate of drug-likeness (QED) is 0.727. The lowest BCUT2D eigenvalue weighted by Crippen LogP contribution is -2.33. The molecule has 0 radical (unpaired) electrons. The number of carbonyl (C=O) groups excluding carboxylic acids is 2. The zero-order valence-electron chi connectivity index (χ0n) is 15.0. The highest BCUT2D eigenvalue weighted by molar-refractivity contribution is 6.28. The minimum Gasteiger partial charge on any atom is -0.365 e. The van der Waals surface area contributed by atoms with Gasteiger partial charge in [-0.3, -0.25) is 14.6 Å². The van der Waals surface area contributed by atoms with E-state index in [1.165, 1.54) is 0 Å². The molecule has 1 saturated heterocycles. The van der Waals surface area contributed by atoms with Crippen LogP contribution < -0.4 is 0 Å². The van der Waals surface area contributed by atoms with Crippen molar-refractivity contribution in [2.75, 3.05) is 0 Å². The summed E-state index contributed by atoms with van der Waals surface area (Å²) in [6.45, 7) is 6.76. The molecular formula is C21H23NO3. The van der Waals surface area contributed by atoms with Gasteiger partial charge < -0.3 is 4.74 Å². The molecule has 4 aliphatic rings. The molecular weight excluding hydrogens is 314 g/mol. The van der Waals surface area contributed by atoms with Crippen LogP contribution in [0.15, 0.2) is 17.3 Å². The van der Waals surface area contributed by atoms with Crippen molar-refractivity contribution in [1.29, 1.82) is 0 Å². The summed E-state index contributed by atoms with van der Waals surface area (Å²) >= 11 is 0. The summed E-state index contributed by atoms with van der Waals surface area (Å²) in [7, 11) is 0. The maximum Gasteiger partial charge on any atom is 0.194 e. The van der Waals surface area contributed by atoms with Gasteiger partial charge in [-0.15, -0.1) is 0 Å². The summed E-state index contributed by atoms with van der Waals surface area (Å²) in [5.41, 5.74) is 4.64. The molecule has 1 fully saturated rings. The lowest BCUT2D eigenvalue weighted by Gasteiger charge is -2.36. The first-order valence-electron chi connectivity index (χ1n) is 9.36. The van der Waals surface area contributed by atoms with Gasteiger partial charge in [0.2, 0.25) is 0 Å². The van der Waals surface area contributed by atoms with E-state index < -0.39 is 0 Å². The highest BCUT2D eigenvalue weighted by Crippen LogP contribution is 2.47. The van der Waals surface area contributed by atoms with Gasteiger partial charge in [-0.05, 0) is 49.0 Å². The van der Waals surface area contributed by atoms with Crippen molar-refractivity contribution in [3.05, 3.63) is 39.7 Å². The molecule has 0 N–H and O–H groups in total. The number of ketones is 2. The molecule has 0 amide bonds. The predicted molar refractivity (Wildman–Crippen MR) is 92.8 cm³/mol. The van der Waals surface area contributed by atoms with Crippen LogP contribution in [-0.4, -0.2) is 28.8 Å². The van der Waals surface area contributed by atoms with Crippen LogP contribution in [0.2, 0.25) is 0 Å². The summed E-state index contributed by atoms with van der Waals surface area (Å²) in [6, 6.07) is 0. The number of fused-ring (bicyclic) bond motifs is 7. The van der Waals surface area contributed by atoms with Crippen LogP contribution >= 0.6 is 0 Å². The second-order valence-electron chi connectivity index (χ2n) is 8.95. The third-order valence-electron chi connectivity index (χ3n) is 6.59. The number of ether oxygens (including phenoxy) is 1. The molecule has 5 rings (SSSR count). The van der Waals surface area contributed by atoms with E-state index in [1.807, 2.05) is 0 Å². The van der Waals surface area contributed by atoms with Crippen molar-refractivity contribution in [2.24, 2.45) is 11.3 Å². The van der Waals surface area contributed by atoms with Crippen molar-refractivity contribution in [3.63, 3.8) is 0 Å². The number of nitrogens with zero attached hydrogens (tertiary/aromatic N) is 1. The Bertz CT molecular complexity index is 859. The zero-order chi connectivity index (χ0) is 17.5. The van der Waals surface area contributed by atoms with E-state index in [4.69, 9.17) is 4.74 Å². The number of aryl methyl sites for hydroxylation is 1. The second-order valence-corrected chi connectivity index (χ2v) is 8.95. The summed E-state index contributed by atoms with van der Waals surface area (Å²) in [5, 5.41) is 0. The van der Waals surface area contributed by atoms with Crippen LogP contribution in [0.5, 0.6) is 0 Å². The largest absolute Gasteiger partial charge is 0.365 e. The third-order valence-corrected chi connectivity index (χ3v) is 6.59. The Hall–Kier alpha value is -1.81. The number of hydrogen-bond donors (Lipinski definition) is 0. The average Bonchev–Trinajstić information content (AvgIpc) is 3.19. The molecule has 4 heteroatoms. The van der Waals surface area contributed by atoms with E-state index in [0.29, 0.717) is 28.2 Å². The van der Waals surface area contributed by atoms with Gasteiger partial charge in [0.1, 0.15) is 0 Å². The van der Waals surface area contributed by atoms with E-state index >= 15 is 0 Å². The molecule has 3 heterocycles. The fourth-order valence-electron chi connectivity index (χ4n) is 5.08. The SMILES string of the molecule is CC(C)(C)C1CCc2ncc3c(c2C1)C(=O)C1=C(C3=O)C2CCC1O2. The molecule has 0 spiro atoms. The van der Waals surface area contributed by atoms with Gasteiger partial charge in [0.25, 0.3) is 0 Å². The van der Waals surface area contributed by atoms with Crippen molar-refractivity contribution >= 4 is 11.6 Å². The van der Waals surface area contributed by atoms with Gasteiger partial charge in [0, 0.05) is 28.6 Å². The highest BCUT2D eigenvalue weighted by Gasteiger charge is 2.50. The maximum atomic E-state index is 13.3. The Kier molecular flexibility index (Phi) is 3.01. The van der Waals surface area contributed by atoms with Crippen LogP contribution in [0.1, 0.15) is 72.0 Å². The van der Waals surface area contributed by atoms with E-state index in [0.717, 1.165) is 43.4 Å².